The molecule has 1 aromatic rings. The molecule has 3 fully saturated rings. The summed E-state index contributed by atoms with van der Waals surface area (Å²) >= 11 is 0. The number of hydrogen-bond donors (Lipinski definition) is 0. The standard InChI is InChI=1S/C23H29NO2/c1-14-9-10-17-19(11-14)26-22-21-16(13-24(22)23(17,2)3)12-18(25)20(21)15-7-5-4-6-8-15/h4-8,12,14,17,19-22H,9-11,13H2,1-3H3/t14-,17-,19-,20?,21?,22+/m1/s1. The monoisotopic (exact) mass is 351 g/mol. The zero-order valence-corrected chi connectivity index (χ0v) is 16.0. The highest BCUT2D eigenvalue weighted by Gasteiger charge is 2.59. The fourth-order valence-electron chi connectivity index (χ4n) is 6.14. The number of allylic oxidation sites excluding steroid dienone is 1. The van der Waals surface area contributed by atoms with Crippen LogP contribution in [0.4, 0.5) is 0 Å². The van der Waals surface area contributed by atoms with Gasteiger partial charge < -0.3 is 4.74 Å². The molecule has 0 N–H and O–H groups in total. The summed E-state index contributed by atoms with van der Waals surface area (Å²) in [5.74, 6) is 1.71. The summed E-state index contributed by atoms with van der Waals surface area (Å²) in [6.07, 6.45) is 6.03. The first-order valence-corrected chi connectivity index (χ1v) is 10.2. The van der Waals surface area contributed by atoms with E-state index in [9.17, 15) is 4.79 Å². The van der Waals surface area contributed by atoms with Gasteiger partial charge in [-0.05, 0) is 49.8 Å². The number of ether oxygens (including phenoxy) is 1. The normalized spacial score (nSPS) is 41.3. The van der Waals surface area contributed by atoms with Crippen molar-refractivity contribution in [3.8, 4) is 0 Å². The Labute approximate surface area is 156 Å². The molecule has 3 heteroatoms. The molecule has 2 heterocycles. The molecule has 0 bridgehead atoms. The second-order valence-electron chi connectivity index (χ2n) is 9.41. The van der Waals surface area contributed by atoms with Crippen molar-refractivity contribution >= 4 is 5.78 Å². The Balaban J connectivity index is 1.52. The Kier molecular flexibility index (Phi) is 3.71. The average molecular weight is 351 g/mol. The van der Waals surface area contributed by atoms with Gasteiger partial charge in [0.2, 0.25) is 0 Å². The molecule has 6 atom stereocenters. The van der Waals surface area contributed by atoms with Crippen LogP contribution in [-0.2, 0) is 9.53 Å². The van der Waals surface area contributed by atoms with Gasteiger partial charge in [-0.3, -0.25) is 9.69 Å². The third kappa shape index (κ3) is 2.30. The topological polar surface area (TPSA) is 29.5 Å². The zero-order valence-electron chi connectivity index (χ0n) is 16.0. The van der Waals surface area contributed by atoms with Crippen LogP contribution in [0.3, 0.4) is 0 Å². The second-order valence-corrected chi connectivity index (χ2v) is 9.41. The number of rotatable bonds is 1. The van der Waals surface area contributed by atoms with Gasteiger partial charge >= 0.3 is 0 Å². The Hall–Kier alpha value is -1.45. The lowest BCUT2D eigenvalue weighted by molar-refractivity contribution is -0.229. The number of fused-ring (bicyclic) bond motifs is 4. The first kappa shape index (κ1) is 16.7. The van der Waals surface area contributed by atoms with Crippen LogP contribution in [0.2, 0.25) is 0 Å². The summed E-state index contributed by atoms with van der Waals surface area (Å²) in [5.41, 5.74) is 2.55. The quantitative estimate of drug-likeness (QED) is 0.761. The molecule has 0 radical (unpaired) electrons. The predicted molar refractivity (Wildman–Crippen MR) is 102 cm³/mol. The number of benzene rings is 1. The molecular formula is C23H29NO2. The van der Waals surface area contributed by atoms with Gasteiger partial charge in [0.15, 0.2) is 5.78 Å². The molecule has 2 unspecified atom stereocenters. The van der Waals surface area contributed by atoms with Crippen molar-refractivity contribution < 1.29 is 9.53 Å². The van der Waals surface area contributed by atoms with Gasteiger partial charge in [0.1, 0.15) is 6.23 Å². The number of carbonyl (C=O) groups excluding carboxylic acids is 1. The minimum absolute atomic E-state index is 0.0412. The minimum atomic E-state index is -0.0745. The maximum absolute atomic E-state index is 12.8. The highest BCUT2D eigenvalue weighted by atomic mass is 16.5. The molecular weight excluding hydrogens is 322 g/mol. The van der Waals surface area contributed by atoms with E-state index in [0.29, 0.717) is 12.0 Å². The van der Waals surface area contributed by atoms with E-state index in [4.69, 9.17) is 4.74 Å². The number of ketones is 1. The van der Waals surface area contributed by atoms with Crippen LogP contribution in [0.5, 0.6) is 0 Å². The summed E-state index contributed by atoms with van der Waals surface area (Å²) in [6.45, 7) is 8.04. The number of nitrogens with zero attached hydrogens (tertiary/aromatic N) is 1. The maximum Gasteiger partial charge on any atom is 0.163 e. The van der Waals surface area contributed by atoms with Crippen molar-refractivity contribution in [2.24, 2.45) is 17.8 Å². The van der Waals surface area contributed by atoms with Gasteiger partial charge in [-0.2, -0.15) is 0 Å². The van der Waals surface area contributed by atoms with E-state index in [1.165, 1.54) is 18.4 Å². The predicted octanol–water partition coefficient (Wildman–Crippen LogP) is 4.15. The maximum atomic E-state index is 12.8. The van der Waals surface area contributed by atoms with Crippen LogP contribution in [0.1, 0.15) is 51.5 Å². The van der Waals surface area contributed by atoms with E-state index in [1.807, 2.05) is 24.3 Å². The Morgan fingerprint density at radius 1 is 1.15 bits per heavy atom. The molecule has 2 aliphatic carbocycles. The van der Waals surface area contributed by atoms with Crippen molar-refractivity contribution in [3.63, 3.8) is 0 Å². The smallest absolute Gasteiger partial charge is 0.163 e. The molecule has 138 valence electrons. The van der Waals surface area contributed by atoms with Crippen LogP contribution >= 0.6 is 0 Å². The van der Waals surface area contributed by atoms with E-state index in [1.54, 1.807) is 0 Å². The number of hydrogen-bond acceptors (Lipinski definition) is 3. The lowest BCUT2D eigenvalue weighted by Gasteiger charge is -2.56. The van der Waals surface area contributed by atoms with E-state index in [2.05, 4.69) is 37.8 Å². The molecule has 5 rings (SSSR count). The van der Waals surface area contributed by atoms with Crippen molar-refractivity contribution in [1.82, 2.24) is 4.90 Å². The fraction of sp³-hybridized carbons (Fsp3) is 0.609. The van der Waals surface area contributed by atoms with E-state index < -0.39 is 0 Å². The Bertz CT molecular complexity index is 753. The SMILES string of the molecule is C[C@@H]1CC[C@@H]2[C@@H](C1)O[C@H]1C3C(=CC(=O)C3c3ccccc3)CN1C2(C)C. The summed E-state index contributed by atoms with van der Waals surface area (Å²) in [7, 11) is 0. The summed E-state index contributed by atoms with van der Waals surface area (Å²) in [6, 6.07) is 10.3. The molecule has 3 nitrogen and oxygen atoms in total. The first-order chi connectivity index (χ1) is 12.5. The summed E-state index contributed by atoms with van der Waals surface area (Å²) in [4.78, 5) is 15.4. The third-order valence-corrected chi connectivity index (χ3v) is 7.56. The fourth-order valence-corrected chi connectivity index (χ4v) is 6.14. The van der Waals surface area contributed by atoms with Gasteiger partial charge in [-0.1, -0.05) is 43.7 Å². The Morgan fingerprint density at radius 2 is 1.92 bits per heavy atom. The van der Waals surface area contributed by atoms with Gasteiger partial charge in [0.25, 0.3) is 0 Å². The van der Waals surface area contributed by atoms with Crippen molar-refractivity contribution in [2.75, 3.05) is 6.54 Å². The van der Waals surface area contributed by atoms with Crippen LogP contribution in [0.15, 0.2) is 42.0 Å². The molecule has 4 aliphatic rings. The number of carbonyl (C=O) groups is 1. The van der Waals surface area contributed by atoms with E-state index in [0.717, 1.165) is 24.4 Å². The second kappa shape index (κ2) is 5.77. The van der Waals surface area contributed by atoms with Crippen LogP contribution in [0.25, 0.3) is 0 Å². The van der Waals surface area contributed by atoms with Gasteiger partial charge in [0, 0.05) is 23.9 Å². The first-order valence-electron chi connectivity index (χ1n) is 10.2. The zero-order chi connectivity index (χ0) is 18.1. The lowest BCUT2D eigenvalue weighted by atomic mass is 9.69. The van der Waals surface area contributed by atoms with Gasteiger partial charge in [0.05, 0.1) is 12.0 Å². The third-order valence-electron chi connectivity index (χ3n) is 7.56. The Morgan fingerprint density at radius 3 is 2.69 bits per heavy atom. The lowest BCUT2D eigenvalue weighted by Crippen LogP contribution is -2.63. The highest BCUT2D eigenvalue weighted by Crippen LogP contribution is 2.54. The van der Waals surface area contributed by atoms with Gasteiger partial charge in [-0.15, -0.1) is 0 Å². The van der Waals surface area contributed by atoms with Crippen molar-refractivity contribution in [3.05, 3.63) is 47.5 Å². The summed E-state index contributed by atoms with van der Waals surface area (Å²) < 4.78 is 6.77. The van der Waals surface area contributed by atoms with Crippen molar-refractivity contribution in [2.45, 2.75) is 63.8 Å². The molecule has 26 heavy (non-hydrogen) atoms. The molecule has 1 saturated carbocycles. The van der Waals surface area contributed by atoms with Gasteiger partial charge in [-0.25, -0.2) is 0 Å². The van der Waals surface area contributed by atoms with Crippen LogP contribution in [-0.4, -0.2) is 35.1 Å². The molecule has 0 amide bonds. The average Bonchev–Trinajstić information content (AvgIpc) is 3.11. The highest BCUT2D eigenvalue weighted by molar-refractivity contribution is 5.99. The molecule has 0 aromatic heterocycles. The minimum Gasteiger partial charge on any atom is -0.359 e. The molecule has 2 saturated heterocycles. The van der Waals surface area contributed by atoms with E-state index >= 15 is 0 Å². The van der Waals surface area contributed by atoms with E-state index in [-0.39, 0.29) is 29.4 Å². The van der Waals surface area contributed by atoms with Crippen LogP contribution < -0.4 is 0 Å². The molecule has 2 aliphatic heterocycles. The van der Waals surface area contributed by atoms with Crippen LogP contribution in [0, 0.1) is 17.8 Å². The molecule has 0 spiro atoms. The molecule has 1 aromatic carbocycles. The van der Waals surface area contributed by atoms with Crippen molar-refractivity contribution in [1.29, 1.82) is 0 Å². The largest absolute Gasteiger partial charge is 0.359 e. The summed E-state index contributed by atoms with van der Waals surface area (Å²) in [5, 5.41) is 0.